The number of esters is 1. The number of nitrogens with one attached hydrogen (secondary N) is 2. The molecule has 9 heteroatoms. The lowest BCUT2D eigenvalue weighted by molar-refractivity contribution is -0.313. The Bertz CT molecular complexity index is 889. The van der Waals surface area contributed by atoms with Crippen molar-refractivity contribution >= 4 is 17.8 Å². The summed E-state index contributed by atoms with van der Waals surface area (Å²) in [5.41, 5.74) is 0.0930. The number of hydrogen-bond acceptors (Lipinski definition) is 7. The molecule has 2 saturated heterocycles. The zero-order chi connectivity index (χ0) is 24.7. The van der Waals surface area contributed by atoms with E-state index in [4.69, 9.17) is 18.9 Å². The molecule has 192 valence electrons. The predicted molar refractivity (Wildman–Crippen MR) is 126 cm³/mol. The first kappa shape index (κ1) is 25.6. The van der Waals surface area contributed by atoms with E-state index in [0.717, 1.165) is 18.4 Å². The van der Waals surface area contributed by atoms with Crippen molar-refractivity contribution in [1.29, 1.82) is 0 Å². The fraction of sp³-hybridized carbons (Fsp3) is 0.654. The van der Waals surface area contributed by atoms with Crippen molar-refractivity contribution < 1.29 is 33.3 Å². The van der Waals surface area contributed by atoms with E-state index in [1.54, 1.807) is 0 Å². The maximum absolute atomic E-state index is 12.8. The number of ether oxygens (including phenoxy) is 4. The Kier molecular flexibility index (Phi) is 8.41. The maximum Gasteiger partial charge on any atom is 0.331 e. The molecule has 1 aromatic rings. The number of carbonyl (C=O) groups excluding carboxylic acids is 3. The molecular formula is C26H36N2O7. The second kappa shape index (κ2) is 11.5. The van der Waals surface area contributed by atoms with Gasteiger partial charge >= 0.3 is 12.0 Å². The van der Waals surface area contributed by atoms with Gasteiger partial charge in [0, 0.05) is 19.4 Å². The van der Waals surface area contributed by atoms with Crippen LogP contribution in [0.2, 0.25) is 0 Å². The molecule has 3 atom stereocenters. The molecule has 2 aliphatic heterocycles. The molecule has 9 nitrogen and oxygen atoms in total. The van der Waals surface area contributed by atoms with Crippen molar-refractivity contribution in [2.45, 2.75) is 88.4 Å². The van der Waals surface area contributed by atoms with Crippen LogP contribution in [0.1, 0.15) is 63.9 Å². The molecule has 0 aromatic heterocycles. The Morgan fingerprint density at radius 2 is 1.83 bits per heavy atom. The van der Waals surface area contributed by atoms with E-state index >= 15 is 0 Å². The van der Waals surface area contributed by atoms with Crippen LogP contribution in [0, 0.1) is 0 Å². The normalized spacial score (nSPS) is 27.6. The van der Waals surface area contributed by atoms with Gasteiger partial charge in [-0.15, -0.1) is 0 Å². The third kappa shape index (κ3) is 6.59. The monoisotopic (exact) mass is 488 g/mol. The van der Waals surface area contributed by atoms with Crippen molar-refractivity contribution in [3.8, 4) is 0 Å². The third-order valence-electron chi connectivity index (χ3n) is 6.87. The van der Waals surface area contributed by atoms with Crippen LogP contribution in [0.15, 0.2) is 30.3 Å². The van der Waals surface area contributed by atoms with Crippen LogP contribution in [0.3, 0.4) is 0 Å². The number of rotatable bonds is 9. The topological polar surface area (TPSA) is 112 Å². The Hall–Kier alpha value is -2.49. The molecule has 1 spiro atoms. The van der Waals surface area contributed by atoms with Gasteiger partial charge in [-0.3, -0.25) is 4.79 Å². The van der Waals surface area contributed by atoms with E-state index in [9.17, 15) is 14.4 Å². The number of benzene rings is 1. The van der Waals surface area contributed by atoms with Gasteiger partial charge in [-0.25, -0.2) is 9.59 Å². The first-order chi connectivity index (χ1) is 16.9. The predicted octanol–water partition coefficient (Wildman–Crippen LogP) is 3.00. The molecule has 1 aliphatic carbocycles. The van der Waals surface area contributed by atoms with Crippen molar-refractivity contribution in [2.75, 3.05) is 19.8 Å². The highest BCUT2D eigenvalue weighted by atomic mass is 16.7. The number of carbonyl (C=O) groups is 3. The van der Waals surface area contributed by atoms with Crippen molar-refractivity contribution in [2.24, 2.45) is 0 Å². The van der Waals surface area contributed by atoms with Gasteiger partial charge in [0.25, 0.3) is 0 Å². The number of hydrogen-bond donors (Lipinski definition) is 2. The van der Waals surface area contributed by atoms with E-state index < -0.39 is 17.3 Å². The zero-order valence-corrected chi connectivity index (χ0v) is 20.4. The SMILES string of the molecule is CCNC(=O)NC1(C(=O)OC[C@@H]2CCC[C@]3(CC(=O)C[C@@H](COCc4ccccc4)O3)O2)CCC1. The second-order valence-corrected chi connectivity index (χ2v) is 9.72. The fourth-order valence-corrected chi connectivity index (χ4v) is 4.98. The summed E-state index contributed by atoms with van der Waals surface area (Å²) >= 11 is 0. The van der Waals surface area contributed by atoms with Crippen molar-refractivity contribution in [1.82, 2.24) is 10.6 Å². The first-order valence-corrected chi connectivity index (χ1v) is 12.6. The average molecular weight is 489 g/mol. The van der Waals surface area contributed by atoms with Crippen LogP contribution in [-0.2, 0) is 35.1 Å². The third-order valence-corrected chi connectivity index (χ3v) is 6.87. The van der Waals surface area contributed by atoms with Crippen LogP contribution in [0.25, 0.3) is 0 Å². The Morgan fingerprint density at radius 3 is 2.54 bits per heavy atom. The van der Waals surface area contributed by atoms with Gasteiger partial charge in [-0.2, -0.15) is 0 Å². The van der Waals surface area contributed by atoms with E-state index in [-0.39, 0.29) is 37.0 Å². The Morgan fingerprint density at radius 1 is 1.06 bits per heavy atom. The van der Waals surface area contributed by atoms with Crippen molar-refractivity contribution in [3.05, 3.63) is 35.9 Å². The van der Waals surface area contributed by atoms with E-state index in [2.05, 4.69) is 10.6 Å². The first-order valence-electron chi connectivity index (χ1n) is 12.6. The standard InChI is InChI=1S/C26H36N2O7/c1-2-27-24(31)28-25(11-7-12-25)23(30)33-18-21-10-6-13-26(34-21)15-20(29)14-22(35-26)17-32-16-19-8-4-3-5-9-19/h3-5,8-9,21-22H,2,6-7,10-18H2,1H3,(H2,27,28,31)/t21-,22-,26-/m0/s1. The van der Waals surface area contributed by atoms with Crippen LogP contribution >= 0.6 is 0 Å². The summed E-state index contributed by atoms with van der Waals surface area (Å²) in [7, 11) is 0. The van der Waals surface area contributed by atoms with Crippen molar-refractivity contribution in [3.63, 3.8) is 0 Å². The number of amides is 2. The highest BCUT2D eigenvalue weighted by Crippen LogP contribution is 2.39. The Labute approximate surface area is 206 Å². The smallest absolute Gasteiger partial charge is 0.331 e. The molecule has 1 saturated carbocycles. The summed E-state index contributed by atoms with van der Waals surface area (Å²) in [4.78, 5) is 37.3. The highest BCUT2D eigenvalue weighted by molar-refractivity contribution is 5.88. The molecule has 4 rings (SSSR count). The minimum absolute atomic E-state index is 0.0616. The summed E-state index contributed by atoms with van der Waals surface area (Å²) in [6.45, 7) is 3.12. The van der Waals surface area contributed by atoms with Gasteiger partial charge in [0.1, 0.15) is 17.9 Å². The molecule has 2 N–H and O–H groups in total. The van der Waals surface area contributed by atoms with Gasteiger partial charge in [0.15, 0.2) is 5.79 Å². The molecule has 0 unspecified atom stereocenters. The number of Topliss-reactive ketones (excluding diaryl/α,β-unsaturated/α-hetero) is 1. The van der Waals surface area contributed by atoms with Crippen LogP contribution in [0.4, 0.5) is 4.79 Å². The number of urea groups is 1. The summed E-state index contributed by atoms with van der Waals surface area (Å²) in [5.74, 6) is -1.36. The van der Waals surface area contributed by atoms with Gasteiger partial charge < -0.3 is 29.6 Å². The van der Waals surface area contributed by atoms with Gasteiger partial charge in [0.05, 0.1) is 31.8 Å². The number of ketones is 1. The second-order valence-electron chi connectivity index (χ2n) is 9.72. The molecule has 0 radical (unpaired) electrons. The molecule has 2 amide bonds. The quantitative estimate of drug-likeness (QED) is 0.514. The average Bonchev–Trinajstić information content (AvgIpc) is 2.80. The van der Waals surface area contributed by atoms with E-state index in [1.807, 2.05) is 37.3 Å². The lowest BCUT2D eigenvalue weighted by Crippen LogP contribution is -2.62. The molecule has 3 aliphatic rings. The molecule has 0 bridgehead atoms. The summed E-state index contributed by atoms with van der Waals surface area (Å²) < 4.78 is 23.9. The lowest BCUT2D eigenvalue weighted by Gasteiger charge is -2.45. The van der Waals surface area contributed by atoms with E-state index in [1.165, 1.54) is 0 Å². The minimum atomic E-state index is -1.00. The molecule has 3 fully saturated rings. The summed E-state index contributed by atoms with van der Waals surface area (Å²) in [6, 6.07) is 9.48. The van der Waals surface area contributed by atoms with Crippen LogP contribution in [0.5, 0.6) is 0 Å². The van der Waals surface area contributed by atoms with Gasteiger partial charge in [-0.1, -0.05) is 30.3 Å². The molecule has 1 aromatic carbocycles. The molecule has 35 heavy (non-hydrogen) atoms. The minimum Gasteiger partial charge on any atom is -0.461 e. The molecular weight excluding hydrogens is 452 g/mol. The summed E-state index contributed by atoms with van der Waals surface area (Å²) in [5, 5.41) is 5.43. The van der Waals surface area contributed by atoms with E-state index in [0.29, 0.717) is 51.9 Å². The van der Waals surface area contributed by atoms with Gasteiger partial charge in [0.2, 0.25) is 0 Å². The lowest BCUT2D eigenvalue weighted by atomic mass is 9.77. The van der Waals surface area contributed by atoms with Gasteiger partial charge in [-0.05, 0) is 44.6 Å². The Balaban J connectivity index is 1.28. The zero-order valence-electron chi connectivity index (χ0n) is 20.4. The highest BCUT2D eigenvalue weighted by Gasteiger charge is 2.49. The van der Waals surface area contributed by atoms with Crippen LogP contribution < -0.4 is 10.6 Å². The summed E-state index contributed by atoms with van der Waals surface area (Å²) in [6.07, 6.45) is 3.83. The largest absolute Gasteiger partial charge is 0.461 e. The maximum atomic E-state index is 12.8. The molecule has 2 heterocycles. The van der Waals surface area contributed by atoms with Crippen LogP contribution in [-0.4, -0.2) is 61.1 Å². The fourth-order valence-electron chi connectivity index (χ4n) is 4.98.